The Hall–Kier alpha value is -2.93. The second-order valence-corrected chi connectivity index (χ2v) is 8.43. The molecule has 2 aromatic heterocycles. The number of amides is 1. The van der Waals surface area contributed by atoms with Crippen LogP contribution in [0.1, 0.15) is 41.8 Å². The van der Waals surface area contributed by atoms with E-state index in [1.165, 1.54) is 12.8 Å². The van der Waals surface area contributed by atoms with E-state index in [1.807, 2.05) is 43.7 Å². The molecule has 0 saturated carbocycles. The van der Waals surface area contributed by atoms with Crippen molar-refractivity contribution in [3.63, 3.8) is 0 Å². The molecular formula is C23H27ClN6O. The Kier molecular flexibility index (Phi) is 6.23. The number of rotatable bonds is 6. The van der Waals surface area contributed by atoms with E-state index in [9.17, 15) is 4.79 Å². The molecule has 0 atom stereocenters. The molecule has 1 saturated heterocycles. The molecule has 0 aliphatic carbocycles. The number of benzene rings is 1. The molecule has 1 amide bonds. The van der Waals surface area contributed by atoms with Gasteiger partial charge in [-0.15, -0.1) is 0 Å². The van der Waals surface area contributed by atoms with Crippen LogP contribution in [0.15, 0.2) is 30.6 Å². The zero-order valence-corrected chi connectivity index (χ0v) is 18.9. The topological polar surface area (TPSA) is 75.9 Å². The first kappa shape index (κ1) is 21.3. The first-order chi connectivity index (χ1) is 14.9. The minimum Gasteiger partial charge on any atom is -0.356 e. The number of carbonyl (C=O) groups is 1. The minimum absolute atomic E-state index is 0.0460. The molecule has 1 N–H and O–H groups in total. The number of halogens is 1. The summed E-state index contributed by atoms with van der Waals surface area (Å²) in [4.78, 5) is 23.7. The van der Waals surface area contributed by atoms with Gasteiger partial charge in [-0.1, -0.05) is 17.7 Å². The Morgan fingerprint density at radius 3 is 2.61 bits per heavy atom. The number of nitrogens with zero attached hydrogens (tertiary/aromatic N) is 5. The van der Waals surface area contributed by atoms with Crippen LogP contribution in [0.5, 0.6) is 0 Å². The third-order valence-electron chi connectivity index (χ3n) is 5.80. The first-order valence-electron chi connectivity index (χ1n) is 10.6. The molecule has 1 aromatic carbocycles. The van der Waals surface area contributed by atoms with E-state index in [0.29, 0.717) is 17.9 Å². The second kappa shape index (κ2) is 9.06. The Morgan fingerprint density at radius 2 is 1.84 bits per heavy atom. The molecule has 0 radical (unpaired) electrons. The lowest BCUT2D eigenvalue weighted by Crippen LogP contribution is -2.19. The normalized spacial score (nSPS) is 13.6. The van der Waals surface area contributed by atoms with Crippen molar-refractivity contribution >= 4 is 29.0 Å². The summed E-state index contributed by atoms with van der Waals surface area (Å²) in [6, 6.07) is 7.48. The highest BCUT2D eigenvalue weighted by Gasteiger charge is 2.18. The maximum atomic E-state index is 12.5. The molecule has 1 fully saturated rings. The lowest BCUT2D eigenvalue weighted by atomic mass is 10.1. The molecule has 3 heterocycles. The van der Waals surface area contributed by atoms with E-state index in [2.05, 4.69) is 20.2 Å². The summed E-state index contributed by atoms with van der Waals surface area (Å²) in [6.45, 7) is 7.99. The molecule has 0 bridgehead atoms. The highest BCUT2D eigenvalue weighted by atomic mass is 35.5. The summed E-state index contributed by atoms with van der Waals surface area (Å²) in [5, 5.41) is 8.26. The van der Waals surface area contributed by atoms with Gasteiger partial charge in [0.05, 0.1) is 5.69 Å². The van der Waals surface area contributed by atoms with Crippen LogP contribution < -0.4 is 10.2 Å². The van der Waals surface area contributed by atoms with E-state index in [4.69, 9.17) is 16.7 Å². The fraction of sp³-hybridized carbons (Fsp3) is 0.391. The quantitative estimate of drug-likeness (QED) is 0.616. The zero-order chi connectivity index (χ0) is 22.0. The van der Waals surface area contributed by atoms with Crippen LogP contribution >= 0.6 is 11.6 Å². The summed E-state index contributed by atoms with van der Waals surface area (Å²) in [5.74, 6) is 1.64. The number of aryl methyl sites for hydroxylation is 2. The summed E-state index contributed by atoms with van der Waals surface area (Å²) in [5.41, 5.74) is 4.70. The fourth-order valence-corrected chi connectivity index (χ4v) is 4.18. The number of hydrogen-bond acceptors (Lipinski definition) is 5. The third-order valence-corrected chi connectivity index (χ3v) is 6.04. The van der Waals surface area contributed by atoms with Crippen molar-refractivity contribution in [3.05, 3.63) is 58.1 Å². The van der Waals surface area contributed by atoms with Gasteiger partial charge >= 0.3 is 0 Å². The second-order valence-electron chi connectivity index (χ2n) is 8.00. The molecule has 0 spiro atoms. The third kappa shape index (κ3) is 4.71. The van der Waals surface area contributed by atoms with Crippen LogP contribution in [0.4, 0.5) is 11.5 Å². The molecule has 7 nitrogen and oxygen atoms in total. The Labute approximate surface area is 187 Å². The number of aromatic nitrogens is 4. The van der Waals surface area contributed by atoms with Crippen LogP contribution in [-0.4, -0.2) is 38.7 Å². The van der Waals surface area contributed by atoms with Crippen LogP contribution in [0.3, 0.4) is 0 Å². The highest BCUT2D eigenvalue weighted by molar-refractivity contribution is 6.31. The summed E-state index contributed by atoms with van der Waals surface area (Å²) in [7, 11) is 0. The van der Waals surface area contributed by atoms with E-state index < -0.39 is 0 Å². The fourth-order valence-electron chi connectivity index (χ4n) is 4.01. The van der Waals surface area contributed by atoms with Gasteiger partial charge in [0.25, 0.3) is 0 Å². The van der Waals surface area contributed by atoms with Crippen molar-refractivity contribution in [2.75, 3.05) is 23.3 Å². The summed E-state index contributed by atoms with van der Waals surface area (Å²) in [6.07, 6.45) is 4.95. The van der Waals surface area contributed by atoms with Gasteiger partial charge in [-0.25, -0.2) is 14.6 Å². The van der Waals surface area contributed by atoms with E-state index >= 15 is 0 Å². The average molecular weight is 439 g/mol. The van der Waals surface area contributed by atoms with Gasteiger partial charge in [-0.05, 0) is 63.3 Å². The molecule has 4 rings (SSSR count). The van der Waals surface area contributed by atoms with Crippen molar-refractivity contribution in [2.45, 2.75) is 46.5 Å². The Bertz CT molecular complexity index is 1100. The molecule has 1 aliphatic heterocycles. The summed E-state index contributed by atoms with van der Waals surface area (Å²) < 4.78 is 1.85. The number of anilines is 2. The van der Waals surface area contributed by atoms with Gasteiger partial charge in [0.15, 0.2) is 5.82 Å². The van der Waals surface area contributed by atoms with Crippen LogP contribution in [0.2, 0.25) is 5.02 Å². The molecule has 162 valence electrons. The molecule has 0 unspecified atom stereocenters. The summed E-state index contributed by atoms with van der Waals surface area (Å²) >= 11 is 6.05. The molecule has 3 aromatic rings. The molecular weight excluding hydrogens is 412 g/mol. The minimum atomic E-state index is -0.0460. The van der Waals surface area contributed by atoms with E-state index in [0.717, 1.165) is 52.9 Å². The molecule has 1 aliphatic rings. The van der Waals surface area contributed by atoms with Gasteiger partial charge in [-0.2, -0.15) is 5.10 Å². The Morgan fingerprint density at radius 1 is 1.10 bits per heavy atom. The molecule has 31 heavy (non-hydrogen) atoms. The smallest absolute Gasteiger partial charge is 0.224 e. The standard InChI is InChI=1S/C23H27ClN6O/c1-15-6-7-18(24)12-20(15)27-23(31)9-8-19-16(2)28-30(17(19)3)22-13-21(25-14-26-22)29-10-4-5-11-29/h6-7,12-14H,4-5,8-11H2,1-3H3,(H,27,31). The van der Waals surface area contributed by atoms with Crippen LogP contribution in [-0.2, 0) is 11.2 Å². The lowest BCUT2D eigenvalue weighted by molar-refractivity contribution is -0.116. The van der Waals surface area contributed by atoms with E-state index in [-0.39, 0.29) is 5.91 Å². The highest BCUT2D eigenvalue weighted by Crippen LogP contribution is 2.23. The number of carbonyl (C=O) groups excluding carboxylic acids is 1. The van der Waals surface area contributed by atoms with Crippen molar-refractivity contribution in [2.24, 2.45) is 0 Å². The monoisotopic (exact) mass is 438 g/mol. The predicted molar refractivity (Wildman–Crippen MR) is 123 cm³/mol. The maximum Gasteiger partial charge on any atom is 0.224 e. The van der Waals surface area contributed by atoms with Crippen LogP contribution in [0, 0.1) is 20.8 Å². The zero-order valence-electron chi connectivity index (χ0n) is 18.2. The predicted octanol–water partition coefficient (Wildman–Crippen LogP) is 4.41. The van der Waals surface area contributed by atoms with Gasteiger partial charge in [-0.3, -0.25) is 4.79 Å². The first-order valence-corrected chi connectivity index (χ1v) is 11.0. The van der Waals surface area contributed by atoms with Crippen molar-refractivity contribution in [1.29, 1.82) is 0 Å². The van der Waals surface area contributed by atoms with Crippen molar-refractivity contribution in [1.82, 2.24) is 19.7 Å². The van der Waals surface area contributed by atoms with Crippen molar-refractivity contribution in [3.8, 4) is 5.82 Å². The SMILES string of the molecule is Cc1ccc(Cl)cc1NC(=O)CCc1c(C)nn(-c2cc(N3CCCC3)ncn2)c1C. The molecule has 8 heteroatoms. The lowest BCUT2D eigenvalue weighted by Gasteiger charge is -2.16. The van der Waals surface area contributed by atoms with Crippen molar-refractivity contribution < 1.29 is 4.79 Å². The van der Waals surface area contributed by atoms with Gasteiger partial charge < -0.3 is 10.2 Å². The average Bonchev–Trinajstić information content (AvgIpc) is 3.38. The number of hydrogen-bond donors (Lipinski definition) is 1. The van der Waals surface area contributed by atoms with Gasteiger partial charge in [0.1, 0.15) is 12.1 Å². The van der Waals surface area contributed by atoms with Gasteiger partial charge in [0, 0.05) is 42.0 Å². The largest absolute Gasteiger partial charge is 0.356 e. The Balaban J connectivity index is 1.48. The van der Waals surface area contributed by atoms with Crippen LogP contribution in [0.25, 0.3) is 5.82 Å². The van der Waals surface area contributed by atoms with Gasteiger partial charge in [0.2, 0.25) is 5.91 Å². The number of nitrogens with one attached hydrogen (secondary N) is 1. The van der Waals surface area contributed by atoms with E-state index in [1.54, 1.807) is 12.4 Å². The maximum absolute atomic E-state index is 12.5.